The molecular weight excluding hydrogens is 372 g/mol. The Morgan fingerprint density at radius 1 is 1.07 bits per heavy atom. The Morgan fingerprint density at radius 3 is 2.36 bits per heavy atom. The van der Waals surface area contributed by atoms with Crippen LogP contribution in [-0.4, -0.2) is 5.97 Å². The number of para-hydroxylation sites is 1. The zero-order valence-electron chi connectivity index (χ0n) is 16.3. The zero-order chi connectivity index (χ0) is 20.5. The van der Waals surface area contributed by atoms with Crippen LogP contribution in [0, 0.1) is 30.1 Å². The summed E-state index contributed by atoms with van der Waals surface area (Å²) in [6.45, 7) is 5.89. The fraction of sp³-hybridized carbons (Fsp3) is 0.292. The molecule has 4 heteroatoms. The van der Waals surface area contributed by atoms with E-state index in [1.807, 2.05) is 69.3 Å². The van der Waals surface area contributed by atoms with E-state index in [1.165, 1.54) is 5.54 Å². The molecule has 3 atom stereocenters. The SMILES string of the molecule is C#CC(OC(=O)C(C(C)C)C(C)C=CCl)c1cccc(Oc2ccccc2)c1. The lowest BCUT2D eigenvalue weighted by Gasteiger charge is -2.25. The first-order valence-electron chi connectivity index (χ1n) is 9.22. The van der Waals surface area contributed by atoms with Crippen LogP contribution in [0.2, 0.25) is 0 Å². The molecule has 28 heavy (non-hydrogen) atoms. The summed E-state index contributed by atoms with van der Waals surface area (Å²) in [5.41, 5.74) is 2.11. The van der Waals surface area contributed by atoms with Crippen LogP contribution in [0.25, 0.3) is 0 Å². The van der Waals surface area contributed by atoms with E-state index >= 15 is 0 Å². The Kier molecular flexibility index (Phi) is 8.17. The van der Waals surface area contributed by atoms with Gasteiger partial charge in [-0.15, -0.1) is 6.42 Å². The molecule has 0 N–H and O–H groups in total. The molecule has 3 nitrogen and oxygen atoms in total. The molecule has 0 saturated heterocycles. The minimum atomic E-state index is -0.791. The molecule has 0 aromatic heterocycles. The molecule has 0 spiro atoms. The first kappa shape index (κ1) is 21.6. The summed E-state index contributed by atoms with van der Waals surface area (Å²) in [4.78, 5) is 12.8. The third-order valence-electron chi connectivity index (χ3n) is 4.46. The normalized spacial score (nSPS) is 14.3. The number of carbonyl (C=O) groups is 1. The minimum absolute atomic E-state index is 0.0591. The maximum atomic E-state index is 12.8. The Morgan fingerprint density at radius 2 is 1.75 bits per heavy atom. The van der Waals surface area contributed by atoms with E-state index in [9.17, 15) is 4.79 Å². The minimum Gasteiger partial charge on any atom is -0.457 e. The third kappa shape index (κ3) is 5.90. The first-order chi connectivity index (χ1) is 13.5. The van der Waals surface area contributed by atoms with Gasteiger partial charge >= 0.3 is 5.97 Å². The van der Waals surface area contributed by atoms with E-state index in [2.05, 4.69) is 5.92 Å². The molecule has 146 valence electrons. The van der Waals surface area contributed by atoms with E-state index in [-0.39, 0.29) is 23.7 Å². The fourth-order valence-electron chi connectivity index (χ4n) is 3.09. The third-order valence-corrected chi connectivity index (χ3v) is 4.60. The smallest absolute Gasteiger partial charge is 0.311 e. The number of carbonyl (C=O) groups excluding carboxylic acids is 1. The van der Waals surface area contributed by atoms with Crippen LogP contribution in [0.4, 0.5) is 0 Å². The molecule has 0 saturated carbocycles. The Bertz CT molecular complexity index is 836. The molecule has 3 unspecified atom stereocenters. The highest BCUT2D eigenvalue weighted by Crippen LogP contribution is 2.29. The van der Waals surface area contributed by atoms with Crippen molar-refractivity contribution < 1.29 is 14.3 Å². The summed E-state index contributed by atoms with van der Waals surface area (Å²) in [5, 5.41) is 0. The van der Waals surface area contributed by atoms with Crippen molar-refractivity contribution in [2.75, 3.05) is 0 Å². The Labute approximate surface area is 172 Å². The highest BCUT2D eigenvalue weighted by molar-refractivity contribution is 6.25. The number of hydrogen-bond acceptors (Lipinski definition) is 3. The quantitative estimate of drug-likeness (QED) is 0.385. The monoisotopic (exact) mass is 396 g/mol. The van der Waals surface area contributed by atoms with Crippen molar-refractivity contribution in [2.24, 2.45) is 17.8 Å². The summed E-state index contributed by atoms with van der Waals surface area (Å²) in [6.07, 6.45) is 6.66. The number of ether oxygens (including phenoxy) is 2. The van der Waals surface area contributed by atoms with Gasteiger partial charge in [-0.05, 0) is 36.1 Å². The number of esters is 1. The molecule has 0 radical (unpaired) electrons. The van der Waals surface area contributed by atoms with Crippen LogP contribution in [0.1, 0.15) is 32.4 Å². The van der Waals surface area contributed by atoms with Crippen molar-refractivity contribution in [1.82, 2.24) is 0 Å². The largest absolute Gasteiger partial charge is 0.457 e. The van der Waals surface area contributed by atoms with Crippen LogP contribution < -0.4 is 4.74 Å². The number of halogens is 1. The van der Waals surface area contributed by atoms with E-state index in [0.29, 0.717) is 11.3 Å². The molecule has 2 rings (SSSR count). The van der Waals surface area contributed by atoms with Gasteiger partial charge in [0.05, 0.1) is 5.92 Å². The van der Waals surface area contributed by atoms with Gasteiger partial charge in [-0.1, -0.05) is 74.7 Å². The second-order valence-corrected chi connectivity index (χ2v) is 7.17. The van der Waals surface area contributed by atoms with Crippen molar-refractivity contribution in [3.8, 4) is 23.8 Å². The molecule has 0 amide bonds. The first-order valence-corrected chi connectivity index (χ1v) is 9.66. The summed E-state index contributed by atoms with van der Waals surface area (Å²) in [6, 6.07) is 16.7. The lowest BCUT2D eigenvalue weighted by molar-refractivity contribution is -0.154. The van der Waals surface area contributed by atoms with Crippen molar-refractivity contribution in [3.05, 3.63) is 71.8 Å². The number of allylic oxidation sites excluding steroid dienone is 1. The zero-order valence-corrected chi connectivity index (χ0v) is 17.1. The van der Waals surface area contributed by atoms with Crippen molar-refractivity contribution in [2.45, 2.75) is 26.9 Å². The maximum Gasteiger partial charge on any atom is 0.311 e. The van der Waals surface area contributed by atoms with Crippen LogP contribution in [0.15, 0.2) is 66.2 Å². The summed E-state index contributed by atoms with van der Waals surface area (Å²) >= 11 is 5.68. The van der Waals surface area contributed by atoms with Gasteiger partial charge in [-0.3, -0.25) is 4.79 Å². The Balaban J connectivity index is 2.17. The number of rotatable bonds is 8. The van der Waals surface area contributed by atoms with Gasteiger partial charge in [0.25, 0.3) is 0 Å². The van der Waals surface area contributed by atoms with Gasteiger partial charge in [0, 0.05) is 11.1 Å². The van der Waals surface area contributed by atoms with E-state index in [1.54, 1.807) is 12.1 Å². The highest BCUT2D eigenvalue weighted by Gasteiger charge is 2.30. The van der Waals surface area contributed by atoms with Gasteiger partial charge in [0.15, 0.2) is 6.10 Å². The summed E-state index contributed by atoms with van der Waals surface area (Å²) < 4.78 is 11.5. The number of benzene rings is 2. The van der Waals surface area contributed by atoms with Crippen molar-refractivity contribution in [3.63, 3.8) is 0 Å². The van der Waals surface area contributed by atoms with Crippen LogP contribution >= 0.6 is 11.6 Å². The maximum absolute atomic E-state index is 12.8. The lowest BCUT2D eigenvalue weighted by Crippen LogP contribution is -2.29. The second-order valence-electron chi connectivity index (χ2n) is 6.92. The number of hydrogen-bond donors (Lipinski definition) is 0. The van der Waals surface area contributed by atoms with Gasteiger partial charge in [-0.25, -0.2) is 0 Å². The second kappa shape index (κ2) is 10.6. The molecule has 0 aliphatic rings. The van der Waals surface area contributed by atoms with Crippen LogP contribution in [0.3, 0.4) is 0 Å². The number of terminal acetylenes is 1. The summed E-state index contributed by atoms with van der Waals surface area (Å²) in [5.74, 6) is 3.25. The Hall–Kier alpha value is -2.70. The van der Waals surface area contributed by atoms with Crippen molar-refractivity contribution >= 4 is 17.6 Å². The predicted molar refractivity (Wildman–Crippen MR) is 113 cm³/mol. The standard InChI is InChI=1S/C24H25ClO3/c1-5-22(28-24(26)23(17(2)3)18(4)14-15-25)19-10-9-13-21(16-19)27-20-11-7-6-8-12-20/h1,6-18,22-23H,2-4H3. The fourth-order valence-corrected chi connectivity index (χ4v) is 3.32. The van der Waals surface area contributed by atoms with E-state index < -0.39 is 6.10 Å². The molecule has 2 aromatic rings. The molecule has 0 heterocycles. The molecule has 0 bridgehead atoms. The van der Waals surface area contributed by atoms with E-state index in [0.717, 1.165) is 5.75 Å². The molecular formula is C24H25ClO3. The molecule has 0 aliphatic heterocycles. The van der Waals surface area contributed by atoms with Gasteiger partial charge < -0.3 is 9.47 Å². The van der Waals surface area contributed by atoms with Gasteiger partial charge in [-0.2, -0.15) is 0 Å². The molecule has 0 fully saturated rings. The molecule has 0 aliphatic carbocycles. The van der Waals surface area contributed by atoms with E-state index in [4.69, 9.17) is 27.5 Å². The van der Waals surface area contributed by atoms with Crippen LogP contribution in [0.5, 0.6) is 11.5 Å². The summed E-state index contributed by atoms with van der Waals surface area (Å²) in [7, 11) is 0. The topological polar surface area (TPSA) is 35.5 Å². The van der Waals surface area contributed by atoms with Crippen LogP contribution in [-0.2, 0) is 9.53 Å². The average molecular weight is 397 g/mol. The molecule has 2 aromatic carbocycles. The predicted octanol–water partition coefficient (Wildman–Crippen LogP) is 6.36. The lowest BCUT2D eigenvalue weighted by atomic mass is 9.84. The van der Waals surface area contributed by atoms with Crippen molar-refractivity contribution in [1.29, 1.82) is 0 Å². The average Bonchev–Trinajstić information content (AvgIpc) is 2.67. The van der Waals surface area contributed by atoms with Gasteiger partial charge in [0.2, 0.25) is 0 Å². The van der Waals surface area contributed by atoms with Gasteiger partial charge in [0.1, 0.15) is 11.5 Å². The highest BCUT2D eigenvalue weighted by atomic mass is 35.5.